The molecule has 32 heavy (non-hydrogen) atoms. The van der Waals surface area contributed by atoms with Gasteiger partial charge in [-0.2, -0.15) is 0 Å². The highest BCUT2D eigenvalue weighted by Gasteiger charge is 2.27. The summed E-state index contributed by atoms with van der Waals surface area (Å²) in [6, 6.07) is 4.14. The Morgan fingerprint density at radius 2 is 1.97 bits per heavy atom. The topological polar surface area (TPSA) is 82.4 Å². The largest absolute Gasteiger partial charge is 0.480 e. The van der Waals surface area contributed by atoms with E-state index < -0.39 is 0 Å². The molecular weight excluding hydrogens is 406 g/mol. The lowest BCUT2D eigenvalue weighted by atomic mass is 10.1. The molecule has 0 saturated carbocycles. The standard InChI is InChI=1S/C24H31N5O3/c1-7-17(13-28-10-11-32-24(28)30)29-12-15(4)20-22(29)25-16(5)21(27-20)18-8-9-19(14(2)3)26-23(18)31-6/h8-9,12,14,17H,7,10-11,13H2,1-6H3. The van der Waals surface area contributed by atoms with Crippen LogP contribution in [0.5, 0.6) is 5.88 Å². The molecule has 1 aliphatic heterocycles. The second-order valence-corrected chi connectivity index (χ2v) is 8.62. The molecular formula is C24H31N5O3. The van der Waals surface area contributed by atoms with E-state index in [-0.39, 0.29) is 12.1 Å². The molecule has 8 nitrogen and oxygen atoms in total. The van der Waals surface area contributed by atoms with Crippen LogP contribution in [-0.2, 0) is 4.74 Å². The molecule has 4 rings (SSSR count). The van der Waals surface area contributed by atoms with Gasteiger partial charge < -0.3 is 18.9 Å². The zero-order valence-corrected chi connectivity index (χ0v) is 19.7. The number of aromatic nitrogens is 4. The SMILES string of the molecule is CCC(CN1CCOC1=O)n1cc(C)c2nc(-c3ccc(C(C)C)nc3OC)c(C)nc21. The number of cyclic esters (lactones) is 1. The maximum Gasteiger partial charge on any atom is 0.410 e. The number of hydrogen-bond donors (Lipinski definition) is 0. The first-order valence-corrected chi connectivity index (χ1v) is 11.2. The van der Waals surface area contributed by atoms with Crippen molar-refractivity contribution < 1.29 is 14.3 Å². The predicted octanol–water partition coefficient (Wildman–Crippen LogP) is 4.65. The van der Waals surface area contributed by atoms with E-state index in [2.05, 4.69) is 36.5 Å². The lowest BCUT2D eigenvalue weighted by Crippen LogP contribution is -2.31. The van der Waals surface area contributed by atoms with Crippen molar-refractivity contribution in [3.63, 3.8) is 0 Å². The number of nitrogens with zero attached hydrogens (tertiary/aromatic N) is 5. The van der Waals surface area contributed by atoms with Gasteiger partial charge in [-0.1, -0.05) is 20.8 Å². The normalized spacial score (nSPS) is 15.0. The van der Waals surface area contributed by atoms with Crippen molar-refractivity contribution in [2.24, 2.45) is 0 Å². The maximum absolute atomic E-state index is 12.0. The molecule has 0 N–H and O–H groups in total. The Hall–Kier alpha value is -3.16. The van der Waals surface area contributed by atoms with E-state index in [0.29, 0.717) is 31.5 Å². The van der Waals surface area contributed by atoms with Gasteiger partial charge in [0.1, 0.15) is 12.1 Å². The molecule has 170 valence electrons. The number of hydrogen-bond acceptors (Lipinski definition) is 6. The Morgan fingerprint density at radius 1 is 1.19 bits per heavy atom. The Balaban J connectivity index is 1.77. The molecule has 1 unspecified atom stereocenters. The van der Waals surface area contributed by atoms with Crippen LogP contribution in [0.2, 0.25) is 0 Å². The van der Waals surface area contributed by atoms with Gasteiger partial charge in [0.25, 0.3) is 0 Å². The number of pyridine rings is 1. The summed E-state index contributed by atoms with van der Waals surface area (Å²) in [5, 5.41) is 0. The molecule has 4 heterocycles. The van der Waals surface area contributed by atoms with E-state index in [9.17, 15) is 4.79 Å². The van der Waals surface area contributed by atoms with Crippen LogP contribution in [0.25, 0.3) is 22.4 Å². The number of methoxy groups -OCH3 is 1. The quantitative estimate of drug-likeness (QED) is 0.535. The lowest BCUT2D eigenvalue weighted by Gasteiger charge is -2.23. The molecule has 1 aliphatic rings. The lowest BCUT2D eigenvalue weighted by molar-refractivity contribution is 0.154. The number of aryl methyl sites for hydroxylation is 2. The van der Waals surface area contributed by atoms with Gasteiger partial charge in [0.2, 0.25) is 5.88 Å². The molecule has 0 aromatic carbocycles. The predicted molar refractivity (Wildman–Crippen MR) is 123 cm³/mol. The van der Waals surface area contributed by atoms with Gasteiger partial charge in [0.05, 0.1) is 36.6 Å². The first kappa shape index (κ1) is 22.0. The van der Waals surface area contributed by atoms with Crippen molar-refractivity contribution in [1.29, 1.82) is 0 Å². The van der Waals surface area contributed by atoms with Crippen LogP contribution in [0, 0.1) is 13.8 Å². The van der Waals surface area contributed by atoms with Crippen LogP contribution in [0.15, 0.2) is 18.3 Å². The highest BCUT2D eigenvalue weighted by molar-refractivity contribution is 5.81. The molecule has 0 radical (unpaired) electrons. The minimum atomic E-state index is -0.245. The summed E-state index contributed by atoms with van der Waals surface area (Å²) in [5.74, 6) is 0.867. The van der Waals surface area contributed by atoms with Gasteiger partial charge in [-0.15, -0.1) is 0 Å². The summed E-state index contributed by atoms with van der Waals surface area (Å²) in [4.78, 5) is 28.3. The molecule has 0 aliphatic carbocycles. The fourth-order valence-corrected chi connectivity index (χ4v) is 4.19. The maximum atomic E-state index is 12.0. The van der Waals surface area contributed by atoms with Crippen LogP contribution < -0.4 is 4.74 Å². The highest BCUT2D eigenvalue weighted by Crippen LogP contribution is 2.33. The summed E-state index contributed by atoms with van der Waals surface area (Å²) >= 11 is 0. The van der Waals surface area contributed by atoms with Crippen LogP contribution >= 0.6 is 0 Å². The smallest absolute Gasteiger partial charge is 0.410 e. The summed E-state index contributed by atoms with van der Waals surface area (Å²) in [5.41, 5.74) is 6.12. The van der Waals surface area contributed by atoms with Gasteiger partial charge in [-0.05, 0) is 43.9 Å². The van der Waals surface area contributed by atoms with E-state index in [1.54, 1.807) is 12.0 Å². The van der Waals surface area contributed by atoms with Gasteiger partial charge in [0, 0.05) is 18.4 Å². The third-order valence-electron chi connectivity index (χ3n) is 6.07. The van der Waals surface area contributed by atoms with Crippen LogP contribution in [0.4, 0.5) is 4.79 Å². The third kappa shape index (κ3) is 3.89. The van der Waals surface area contributed by atoms with Gasteiger partial charge in [-0.3, -0.25) is 0 Å². The Kier molecular flexibility index (Phi) is 6.04. The number of carbonyl (C=O) groups excluding carboxylic acids is 1. The molecule has 1 atom stereocenters. The molecule has 1 saturated heterocycles. The van der Waals surface area contributed by atoms with E-state index in [1.165, 1.54) is 0 Å². The van der Waals surface area contributed by atoms with Crippen LogP contribution in [0.1, 0.15) is 56.1 Å². The average Bonchev–Trinajstić information content (AvgIpc) is 3.33. The summed E-state index contributed by atoms with van der Waals surface area (Å²) < 4.78 is 12.9. The van der Waals surface area contributed by atoms with Crippen LogP contribution in [0.3, 0.4) is 0 Å². The van der Waals surface area contributed by atoms with E-state index in [0.717, 1.165) is 45.8 Å². The fraction of sp³-hybridized carbons (Fsp3) is 0.500. The van der Waals surface area contributed by atoms with Crippen molar-refractivity contribution in [2.45, 2.75) is 53.0 Å². The number of carbonyl (C=O) groups is 1. The zero-order chi connectivity index (χ0) is 23.0. The second-order valence-electron chi connectivity index (χ2n) is 8.62. The first-order chi connectivity index (χ1) is 15.3. The Labute approximate surface area is 188 Å². The van der Waals surface area contributed by atoms with Crippen LogP contribution in [-0.4, -0.2) is 57.3 Å². The van der Waals surface area contributed by atoms with E-state index in [1.807, 2.05) is 26.0 Å². The first-order valence-electron chi connectivity index (χ1n) is 11.2. The van der Waals surface area contributed by atoms with Crippen molar-refractivity contribution >= 4 is 17.3 Å². The summed E-state index contributed by atoms with van der Waals surface area (Å²) in [6.07, 6.45) is 2.70. The molecule has 0 bridgehead atoms. The molecule has 1 amide bonds. The van der Waals surface area contributed by atoms with Crippen molar-refractivity contribution in [1.82, 2.24) is 24.4 Å². The molecule has 0 spiro atoms. The van der Waals surface area contributed by atoms with Gasteiger partial charge in [-0.25, -0.2) is 19.7 Å². The van der Waals surface area contributed by atoms with E-state index >= 15 is 0 Å². The second kappa shape index (κ2) is 8.76. The number of amides is 1. The van der Waals surface area contributed by atoms with Gasteiger partial charge >= 0.3 is 6.09 Å². The average molecular weight is 438 g/mol. The fourth-order valence-electron chi connectivity index (χ4n) is 4.19. The minimum Gasteiger partial charge on any atom is -0.480 e. The zero-order valence-electron chi connectivity index (χ0n) is 19.7. The number of ether oxygens (including phenoxy) is 2. The number of fused-ring (bicyclic) bond motifs is 1. The van der Waals surface area contributed by atoms with Crippen molar-refractivity contribution in [3.8, 4) is 17.1 Å². The Morgan fingerprint density at radius 3 is 2.59 bits per heavy atom. The molecule has 3 aromatic rings. The van der Waals surface area contributed by atoms with E-state index in [4.69, 9.17) is 19.4 Å². The summed E-state index contributed by atoms with van der Waals surface area (Å²) in [7, 11) is 1.63. The number of rotatable bonds is 7. The third-order valence-corrected chi connectivity index (χ3v) is 6.07. The van der Waals surface area contributed by atoms with Gasteiger partial charge in [0.15, 0.2) is 5.65 Å². The van der Waals surface area contributed by atoms with Crippen molar-refractivity contribution in [3.05, 3.63) is 35.3 Å². The van der Waals surface area contributed by atoms with Crippen molar-refractivity contribution in [2.75, 3.05) is 26.8 Å². The molecule has 3 aromatic heterocycles. The minimum absolute atomic E-state index is 0.0953. The monoisotopic (exact) mass is 437 g/mol. The summed E-state index contributed by atoms with van der Waals surface area (Å²) in [6.45, 7) is 12.0. The molecule has 1 fully saturated rings. The molecule has 8 heteroatoms. The Bertz CT molecular complexity index is 1150. The highest BCUT2D eigenvalue weighted by atomic mass is 16.6.